The van der Waals surface area contributed by atoms with Gasteiger partial charge in [-0.05, 0) is 19.3 Å². The van der Waals surface area contributed by atoms with Crippen LogP contribution in [0.1, 0.15) is 38.4 Å². The van der Waals surface area contributed by atoms with Crippen LogP contribution in [0.5, 0.6) is 0 Å². The van der Waals surface area contributed by atoms with Crippen LogP contribution in [-0.2, 0) is 24.4 Å². The van der Waals surface area contributed by atoms with Gasteiger partial charge in [0.1, 0.15) is 6.33 Å². The first-order valence-corrected chi connectivity index (χ1v) is 9.19. The molecule has 1 heterocycles. The Balaban J connectivity index is 1.85. The summed E-state index contributed by atoms with van der Waals surface area (Å²) in [6.45, 7) is 2.57. The van der Waals surface area contributed by atoms with Crippen LogP contribution in [0.4, 0.5) is 0 Å². The molecule has 124 valence electrons. The SMILES string of the molecule is CCS(=O)C1CCCC(NC(=NC)NCc2nncn2C)C1. The summed E-state index contributed by atoms with van der Waals surface area (Å²) in [6.07, 6.45) is 5.92. The summed E-state index contributed by atoms with van der Waals surface area (Å²) in [5.74, 6) is 2.36. The Morgan fingerprint density at radius 2 is 2.36 bits per heavy atom. The molecule has 0 spiro atoms. The van der Waals surface area contributed by atoms with E-state index in [9.17, 15) is 4.21 Å². The predicted molar refractivity (Wildman–Crippen MR) is 89.1 cm³/mol. The van der Waals surface area contributed by atoms with Crippen molar-refractivity contribution < 1.29 is 4.21 Å². The van der Waals surface area contributed by atoms with Crippen molar-refractivity contribution >= 4 is 16.8 Å². The van der Waals surface area contributed by atoms with E-state index < -0.39 is 10.8 Å². The number of rotatable bonds is 5. The Kier molecular flexibility index (Phi) is 6.35. The van der Waals surface area contributed by atoms with Crippen LogP contribution < -0.4 is 10.6 Å². The quantitative estimate of drug-likeness (QED) is 0.610. The number of aliphatic imine (C=N–C) groups is 1. The molecule has 1 aliphatic rings. The molecule has 1 fully saturated rings. The molecule has 7 nitrogen and oxygen atoms in total. The van der Waals surface area contributed by atoms with E-state index in [1.165, 1.54) is 0 Å². The average Bonchev–Trinajstić information content (AvgIpc) is 2.96. The first kappa shape index (κ1) is 16.9. The molecule has 2 N–H and O–H groups in total. The third-order valence-electron chi connectivity index (χ3n) is 4.07. The van der Waals surface area contributed by atoms with Crippen LogP contribution in [-0.4, -0.2) is 49.0 Å². The van der Waals surface area contributed by atoms with Crippen LogP contribution in [0.3, 0.4) is 0 Å². The van der Waals surface area contributed by atoms with Crippen LogP contribution >= 0.6 is 0 Å². The van der Waals surface area contributed by atoms with Gasteiger partial charge in [-0.1, -0.05) is 13.3 Å². The molecule has 3 atom stereocenters. The Hall–Kier alpha value is -1.44. The highest BCUT2D eigenvalue weighted by Crippen LogP contribution is 2.22. The standard InChI is InChI=1S/C14H26N6OS/c1-4-22(21)12-7-5-6-11(8-12)18-14(15-2)16-9-13-19-17-10-20(13)3/h10-12H,4-9H2,1-3H3,(H2,15,16,18). The fourth-order valence-corrected chi connectivity index (χ4v) is 4.12. The van der Waals surface area contributed by atoms with Gasteiger partial charge in [-0.3, -0.25) is 9.20 Å². The molecule has 1 saturated carbocycles. The maximum absolute atomic E-state index is 12.0. The molecular formula is C14H26N6OS. The molecule has 8 heteroatoms. The van der Waals surface area contributed by atoms with E-state index in [4.69, 9.17) is 0 Å². The number of nitrogens with one attached hydrogen (secondary N) is 2. The molecule has 0 radical (unpaired) electrons. The van der Waals surface area contributed by atoms with Gasteiger partial charge in [0.15, 0.2) is 11.8 Å². The largest absolute Gasteiger partial charge is 0.354 e. The van der Waals surface area contributed by atoms with Crippen molar-refractivity contribution in [2.75, 3.05) is 12.8 Å². The molecule has 1 aromatic heterocycles. The summed E-state index contributed by atoms with van der Waals surface area (Å²) in [5, 5.41) is 14.9. The van der Waals surface area contributed by atoms with Crippen LogP contribution in [0.2, 0.25) is 0 Å². The van der Waals surface area contributed by atoms with E-state index in [0.717, 1.165) is 43.2 Å². The Morgan fingerprint density at radius 1 is 1.55 bits per heavy atom. The van der Waals surface area contributed by atoms with Crippen molar-refractivity contribution in [3.8, 4) is 0 Å². The number of hydrogen-bond donors (Lipinski definition) is 2. The smallest absolute Gasteiger partial charge is 0.191 e. The molecular weight excluding hydrogens is 300 g/mol. The maximum atomic E-state index is 12.0. The van der Waals surface area contributed by atoms with Gasteiger partial charge in [0.05, 0.1) is 6.54 Å². The second-order valence-electron chi connectivity index (χ2n) is 5.58. The van der Waals surface area contributed by atoms with Crippen LogP contribution in [0, 0.1) is 0 Å². The van der Waals surface area contributed by atoms with Crippen LogP contribution in [0.15, 0.2) is 11.3 Å². The fourth-order valence-electron chi connectivity index (χ4n) is 2.77. The number of nitrogens with zero attached hydrogens (tertiary/aromatic N) is 4. The molecule has 3 unspecified atom stereocenters. The minimum atomic E-state index is -0.704. The fraction of sp³-hybridized carbons (Fsp3) is 0.786. The third-order valence-corrected chi connectivity index (χ3v) is 5.81. The Morgan fingerprint density at radius 3 is 3.00 bits per heavy atom. The maximum Gasteiger partial charge on any atom is 0.191 e. The van der Waals surface area contributed by atoms with E-state index in [2.05, 4.69) is 25.8 Å². The predicted octanol–water partition coefficient (Wildman–Crippen LogP) is 0.560. The van der Waals surface area contributed by atoms with Gasteiger partial charge in [0, 0.05) is 41.9 Å². The van der Waals surface area contributed by atoms with Gasteiger partial charge in [-0.2, -0.15) is 0 Å². The zero-order valence-corrected chi connectivity index (χ0v) is 14.4. The minimum absolute atomic E-state index is 0.313. The average molecular weight is 326 g/mol. The van der Waals surface area contributed by atoms with Gasteiger partial charge in [-0.25, -0.2) is 0 Å². The highest BCUT2D eigenvalue weighted by Gasteiger charge is 2.26. The molecule has 0 aliphatic heterocycles. The van der Waals surface area contributed by atoms with Gasteiger partial charge in [-0.15, -0.1) is 10.2 Å². The van der Waals surface area contributed by atoms with Crippen molar-refractivity contribution in [1.29, 1.82) is 0 Å². The van der Waals surface area contributed by atoms with Crippen molar-refractivity contribution in [2.45, 2.75) is 50.4 Å². The molecule has 0 amide bonds. The number of aromatic nitrogens is 3. The lowest BCUT2D eigenvalue weighted by atomic mass is 9.95. The Bertz CT molecular complexity index is 529. The lowest BCUT2D eigenvalue weighted by Crippen LogP contribution is -2.46. The topological polar surface area (TPSA) is 84.2 Å². The molecule has 22 heavy (non-hydrogen) atoms. The normalized spacial score (nSPS) is 24.0. The van der Waals surface area contributed by atoms with E-state index in [0.29, 0.717) is 17.8 Å². The van der Waals surface area contributed by atoms with E-state index in [1.807, 2.05) is 18.5 Å². The van der Waals surface area contributed by atoms with E-state index >= 15 is 0 Å². The van der Waals surface area contributed by atoms with Crippen molar-refractivity contribution in [2.24, 2.45) is 12.0 Å². The summed E-state index contributed by atoms with van der Waals surface area (Å²) < 4.78 is 13.9. The first-order valence-electron chi connectivity index (χ1n) is 7.81. The van der Waals surface area contributed by atoms with Crippen molar-refractivity contribution in [3.63, 3.8) is 0 Å². The second-order valence-corrected chi connectivity index (χ2v) is 7.59. The lowest BCUT2D eigenvalue weighted by molar-refractivity contribution is 0.413. The first-order chi connectivity index (χ1) is 10.6. The number of hydrogen-bond acceptors (Lipinski definition) is 4. The molecule has 1 aromatic rings. The zero-order chi connectivity index (χ0) is 15.9. The third kappa shape index (κ3) is 4.53. The lowest BCUT2D eigenvalue weighted by Gasteiger charge is -2.30. The summed E-state index contributed by atoms with van der Waals surface area (Å²) in [7, 11) is 2.97. The molecule has 0 aromatic carbocycles. The van der Waals surface area contributed by atoms with Gasteiger partial charge < -0.3 is 15.2 Å². The Labute approximate surface area is 134 Å². The summed E-state index contributed by atoms with van der Waals surface area (Å²) in [4.78, 5) is 4.26. The molecule has 0 bridgehead atoms. The number of aryl methyl sites for hydroxylation is 1. The van der Waals surface area contributed by atoms with Gasteiger partial charge >= 0.3 is 0 Å². The summed E-state index contributed by atoms with van der Waals surface area (Å²) in [6, 6.07) is 0.333. The van der Waals surface area contributed by atoms with Crippen molar-refractivity contribution in [1.82, 2.24) is 25.4 Å². The monoisotopic (exact) mass is 326 g/mol. The molecule has 1 aliphatic carbocycles. The van der Waals surface area contributed by atoms with Gasteiger partial charge in [0.2, 0.25) is 0 Å². The van der Waals surface area contributed by atoms with Gasteiger partial charge in [0.25, 0.3) is 0 Å². The second kappa shape index (κ2) is 8.26. The highest BCUT2D eigenvalue weighted by molar-refractivity contribution is 7.85. The van der Waals surface area contributed by atoms with E-state index in [1.54, 1.807) is 13.4 Å². The summed E-state index contributed by atoms with van der Waals surface area (Å²) in [5.41, 5.74) is 0. The van der Waals surface area contributed by atoms with Crippen LogP contribution in [0.25, 0.3) is 0 Å². The minimum Gasteiger partial charge on any atom is -0.354 e. The number of guanidine groups is 1. The van der Waals surface area contributed by atoms with Crippen molar-refractivity contribution in [3.05, 3.63) is 12.2 Å². The zero-order valence-electron chi connectivity index (χ0n) is 13.6. The molecule has 2 rings (SSSR count). The summed E-state index contributed by atoms with van der Waals surface area (Å²) >= 11 is 0. The van der Waals surface area contributed by atoms with E-state index in [-0.39, 0.29) is 0 Å². The highest BCUT2D eigenvalue weighted by atomic mass is 32.2. The molecule has 0 saturated heterocycles.